The van der Waals surface area contributed by atoms with Crippen molar-refractivity contribution in [3.63, 3.8) is 0 Å². The van der Waals surface area contributed by atoms with Gasteiger partial charge in [0.2, 0.25) is 0 Å². The molecular formula is C9H15NO2. The number of esters is 1. The van der Waals surface area contributed by atoms with Gasteiger partial charge in [0.15, 0.2) is 0 Å². The number of carbonyl (C=O) groups is 1. The molecule has 3 nitrogen and oxygen atoms in total. The fraction of sp³-hybridized carbons (Fsp3) is 0.889. The van der Waals surface area contributed by atoms with Gasteiger partial charge in [0.25, 0.3) is 0 Å². The molecule has 12 heavy (non-hydrogen) atoms. The molecule has 0 aliphatic carbocycles. The Morgan fingerprint density at radius 2 is 2.08 bits per heavy atom. The van der Waals surface area contributed by atoms with E-state index in [9.17, 15) is 4.79 Å². The monoisotopic (exact) mass is 169 g/mol. The van der Waals surface area contributed by atoms with Crippen LogP contribution in [0.25, 0.3) is 0 Å². The summed E-state index contributed by atoms with van der Waals surface area (Å²) in [6, 6.07) is 0.0718. The van der Waals surface area contributed by atoms with Crippen molar-refractivity contribution >= 4 is 5.97 Å². The van der Waals surface area contributed by atoms with Crippen molar-refractivity contribution in [2.75, 3.05) is 20.2 Å². The van der Waals surface area contributed by atoms with E-state index in [0.29, 0.717) is 0 Å². The molecule has 0 radical (unpaired) electrons. The van der Waals surface area contributed by atoms with E-state index < -0.39 is 0 Å². The fourth-order valence-electron chi connectivity index (χ4n) is 2.35. The van der Waals surface area contributed by atoms with Gasteiger partial charge in [-0.05, 0) is 38.3 Å². The number of hydrogen-bond donors (Lipinski definition) is 0. The van der Waals surface area contributed by atoms with Crippen LogP contribution in [0.15, 0.2) is 0 Å². The summed E-state index contributed by atoms with van der Waals surface area (Å²) in [5.41, 5.74) is 0. The first-order valence-electron chi connectivity index (χ1n) is 4.63. The van der Waals surface area contributed by atoms with Gasteiger partial charge in [-0.3, -0.25) is 9.69 Å². The predicted octanol–water partition coefficient (Wildman–Crippen LogP) is 0.644. The summed E-state index contributed by atoms with van der Waals surface area (Å²) in [4.78, 5) is 13.5. The van der Waals surface area contributed by atoms with Crippen LogP contribution in [0.4, 0.5) is 0 Å². The van der Waals surface area contributed by atoms with E-state index in [1.54, 1.807) is 0 Å². The number of carbonyl (C=O) groups excluding carboxylic acids is 1. The quantitative estimate of drug-likeness (QED) is 0.540. The van der Waals surface area contributed by atoms with Crippen LogP contribution in [0.3, 0.4) is 0 Å². The fourth-order valence-corrected chi connectivity index (χ4v) is 2.35. The molecule has 0 aromatic rings. The average Bonchev–Trinajstić information content (AvgIpc) is 2.18. The second-order valence-electron chi connectivity index (χ2n) is 3.75. The molecule has 1 unspecified atom stereocenters. The lowest BCUT2D eigenvalue weighted by atomic mass is 9.83. The zero-order valence-electron chi connectivity index (χ0n) is 7.45. The molecule has 1 atom stereocenters. The van der Waals surface area contributed by atoms with Crippen LogP contribution in [0.5, 0.6) is 0 Å². The average molecular weight is 169 g/mol. The summed E-state index contributed by atoms with van der Waals surface area (Å²) in [6.07, 6.45) is 3.56. The van der Waals surface area contributed by atoms with Gasteiger partial charge in [0, 0.05) is 0 Å². The third-order valence-electron chi connectivity index (χ3n) is 3.12. The summed E-state index contributed by atoms with van der Waals surface area (Å²) >= 11 is 0. The largest absolute Gasteiger partial charge is 0.468 e. The molecule has 2 bridgehead atoms. The Labute approximate surface area is 72.7 Å². The second kappa shape index (κ2) is 3.05. The van der Waals surface area contributed by atoms with Gasteiger partial charge in [-0.15, -0.1) is 0 Å². The van der Waals surface area contributed by atoms with Crippen molar-refractivity contribution < 1.29 is 9.53 Å². The zero-order valence-corrected chi connectivity index (χ0v) is 7.45. The molecule has 3 aliphatic rings. The third-order valence-corrected chi connectivity index (χ3v) is 3.12. The van der Waals surface area contributed by atoms with Crippen LogP contribution in [-0.2, 0) is 9.53 Å². The summed E-state index contributed by atoms with van der Waals surface area (Å²) in [5, 5.41) is 0. The zero-order chi connectivity index (χ0) is 8.55. The van der Waals surface area contributed by atoms with Gasteiger partial charge >= 0.3 is 5.97 Å². The number of methoxy groups -OCH3 is 1. The molecule has 0 spiro atoms. The number of hydrogen-bond acceptors (Lipinski definition) is 3. The van der Waals surface area contributed by atoms with E-state index in [-0.39, 0.29) is 12.0 Å². The van der Waals surface area contributed by atoms with Crippen LogP contribution in [-0.4, -0.2) is 37.1 Å². The van der Waals surface area contributed by atoms with Crippen LogP contribution in [0.2, 0.25) is 0 Å². The molecular weight excluding hydrogens is 154 g/mol. The van der Waals surface area contributed by atoms with Gasteiger partial charge in [0.1, 0.15) is 6.04 Å². The minimum atomic E-state index is -0.0422. The highest BCUT2D eigenvalue weighted by Gasteiger charge is 2.37. The first kappa shape index (κ1) is 8.05. The van der Waals surface area contributed by atoms with Crippen LogP contribution >= 0.6 is 0 Å². The molecule has 0 aromatic carbocycles. The highest BCUT2D eigenvalue weighted by Crippen LogP contribution is 2.31. The highest BCUT2D eigenvalue weighted by molar-refractivity contribution is 5.75. The van der Waals surface area contributed by atoms with Crippen molar-refractivity contribution in [1.82, 2.24) is 4.90 Å². The normalized spacial score (nSPS) is 39.6. The van der Waals surface area contributed by atoms with Crippen molar-refractivity contribution in [2.24, 2.45) is 5.92 Å². The number of rotatable bonds is 1. The lowest BCUT2D eigenvalue weighted by Gasteiger charge is -2.43. The maximum Gasteiger partial charge on any atom is 0.323 e. The first-order valence-corrected chi connectivity index (χ1v) is 4.63. The van der Waals surface area contributed by atoms with Gasteiger partial charge in [-0.25, -0.2) is 0 Å². The number of nitrogens with zero attached hydrogens (tertiary/aromatic N) is 1. The summed E-state index contributed by atoms with van der Waals surface area (Å²) in [6.45, 7) is 2.18. The van der Waals surface area contributed by atoms with Gasteiger partial charge in [-0.2, -0.15) is 0 Å². The van der Waals surface area contributed by atoms with E-state index in [4.69, 9.17) is 4.74 Å². The van der Waals surface area contributed by atoms with Crippen molar-refractivity contribution in [3.05, 3.63) is 0 Å². The van der Waals surface area contributed by atoms with E-state index in [2.05, 4.69) is 4.90 Å². The van der Waals surface area contributed by atoms with Crippen molar-refractivity contribution in [1.29, 1.82) is 0 Å². The number of piperidine rings is 3. The van der Waals surface area contributed by atoms with E-state index in [0.717, 1.165) is 25.4 Å². The lowest BCUT2D eigenvalue weighted by Crippen LogP contribution is -2.52. The minimum Gasteiger partial charge on any atom is -0.468 e. The molecule has 3 fully saturated rings. The van der Waals surface area contributed by atoms with Gasteiger partial charge < -0.3 is 4.74 Å². The Balaban J connectivity index is 2.03. The van der Waals surface area contributed by atoms with E-state index in [1.807, 2.05) is 0 Å². The molecule has 3 aliphatic heterocycles. The Hall–Kier alpha value is -0.570. The standard InChI is InChI=1S/C9H15NO2/c1-12-9(11)8-6-7-2-4-10(8)5-3-7/h7-8H,2-6H2,1H3. The van der Waals surface area contributed by atoms with Gasteiger partial charge in [-0.1, -0.05) is 0 Å². The van der Waals surface area contributed by atoms with Crippen molar-refractivity contribution in [3.8, 4) is 0 Å². The van der Waals surface area contributed by atoms with Crippen molar-refractivity contribution in [2.45, 2.75) is 25.3 Å². The summed E-state index contributed by atoms with van der Waals surface area (Å²) in [5.74, 6) is 0.735. The Morgan fingerprint density at radius 1 is 1.42 bits per heavy atom. The summed E-state index contributed by atoms with van der Waals surface area (Å²) < 4.78 is 4.76. The maximum absolute atomic E-state index is 11.3. The molecule has 3 rings (SSSR count). The third kappa shape index (κ3) is 1.22. The van der Waals surface area contributed by atoms with E-state index in [1.165, 1.54) is 20.0 Å². The Bertz CT molecular complexity index is 185. The highest BCUT2D eigenvalue weighted by atomic mass is 16.5. The predicted molar refractivity (Wildman–Crippen MR) is 44.7 cm³/mol. The molecule has 0 amide bonds. The molecule has 3 heteroatoms. The SMILES string of the molecule is COC(=O)C1CC2CCN1CC2. The minimum absolute atomic E-state index is 0.0422. The van der Waals surface area contributed by atoms with Crippen LogP contribution in [0.1, 0.15) is 19.3 Å². The maximum atomic E-state index is 11.3. The Morgan fingerprint density at radius 3 is 2.50 bits per heavy atom. The molecule has 3 heterocycles. The summed E-state index contributed by atoms with van der Waals surface area (Å²) in [7, 11) is 1.48. The van der Waals surface area contributed by atoms with Gasteiger partial charge in [0.05, 0.1) is 7.11 Å². The molecule has 0 saturated carbocycles. The lowest BCUT2D eigenvalue weighted by molar-refractivity contribution is -0.151. The second-order valence-corrected chi connectivity index (χ2v) is 3.75. The number of ether oxygens (including phenoxy) is 1. The van der Waals surface area contributed by atoms with E-state index >= 15 is 0 Å². The smallest absolute Gasteiger partial charge is 0.323 e. The molecule has 3 saturated heterocycles. The molecule has 0 N–H and O–H groups in total. The van der Waals surface area contributed by atoms with Crippen LogP contribution in [0, 0.1) is 5.92 Å². The number of fused-ring (bicyclic) bond motifs is 3. The first-order chi connectivity index (χ1) is 5.81. The van der Waals surface area contributed by atoms with Crippen LogP contribution < -0.4 is 0 Å². The molecule has 0 aromatic heterocycles. The molecule has 68 valence electrons. The Kier molecular flexibility index (Phi) is 2.05. The topological polar surface area (TPSA) is 29.5 Å².